The fourth-order valence-electron chi connectivity index (χ4n) is 1.82. The lowest BCUT2D eigenvalue weighted by Gasteiger charge is -2.27. The van der Waals surface area contributed by atoms with Crippen LogP contribution in [-0.2, 0) is 10.3 Å². The lowest BCUT2D eigenvalue weighted by atomic mass is 10.1. The molecule has 0 aliphatic heterocycles. The molecule has 0 radical (unpaired) electrons. The zero-order valence-electron chi connectivity index (χ0n) is 13.0. The lowest BCUT2D eigenvalue weighted by molar-refractivity contribution is 0.0466. The molecule has 0 fully saturated rings. The second-order valence-corrected chi connectivity index (χ2v) is 8.86. The highest BCUT2D eigenvalue weighted by molar-refractivity contribution is 9.11. The van der Waals surface area contributed by atoms with Crippen LogP contribution < -0.4 is 10.9 Å². The van der Waals surface area contributed by atoms with Crippen molar-refractivity contribution >= 4 is 43.6 Å². The fourth-order valence-corrected chi connectivity index (χ4v) is 3.25. The van der Waals surface area contributed by atoms with Crippen LogP contribution in [0.25, 0.3) is 10.2 Å². The van der Waals surface area contributed by atoms with Crippen LogP contribution in [-0.4, -0.2) is 21.7 Å². The normalized spacial score (nSPS) is 12.5. The number of aromatic amines is 1. The average molecular weight is 388 g/mol. The highest BCUT2D eigenvalue weighted by Gasteiger charge is 2.29. The highest BCUT2D eigenvalue weighted by Crippen LogP contribution is 2.27. The van der Waals surface area contributed by atoms with Crippen LogP contribution in [0.15, 0.2) is 14.6 Å². The van der Waals surface area contributed by atoms with Crippen LogP contribution in [0.3, 0.4) is 0 Å². The van der Waals surface area contributed by atoms with Crippen LogP contribution in [0.4, 0.5) is 4.79 Å². The maximum Gasteiger partial charge on any atom is 0.408 e. The standard InChI is InChI=1S/C14H18BrN3O3S/c1-13(2,3)21-12(20)18-14(4,5)11-16-7-6-8(15)22-9(7)10(19)17-11/h6H,1-5H3,(H,18,20)(H,16,17,19). The first-order chi connectivity index (χ1) is 9.98. The van der Waals surface area contributed by atoms with Crippen molar-refractivity contribution < 1.29 is 9.53 Å². The van der Waals surface area contributed by atoms with Crippen molar-refractivity contribution in [2.45, 2.75) is 45.8 Å². The Morgan fingerprint density at radius 3 is 2.59 bits per heavy atom. The van der Waals surface area contributed by atoms with Gasteiger partial charge in [0, 0.05) is 0 Å². The van der Waals surface area contributed by atoms with Crippen molar-refractivity contribution in [1.82, 2.24) is 15.3 Å². The minimum absolute atomic E-state index is 0.227. The maximum absolute atomic E-state index is 12.1. The number of carbonyl (C=O) groups excluding carboxylic acids is 1. The molecule has 0 bridgehead atoms. The third-order valence-corrected chi connectivity index (χ3v) is 4.38. The minimum atomic E-state index is -0.871. The number of halogens is 1. The van der Waals surface area contributed by atoms with E-state index in [2.05, 4.69) is 31.2 Å². The predicted molar refractivity (Wildman–Crippen MR) is 90.3 cm³/mol. The second kappa shape index (κ2) is 5.66. The number of aromatic nitrogens is 2. The molecule has 2 N–H and O–H groups in total. The molecule has 0 atom stereocenters. The van der Waals surface area contributed by atoms with E-state index in [-0.39, 0.29) is 5.56 Å². The number of thiophene rings is 1. The van der Waals surface area contributed by atoms with Gasteiger partial charge in [0.05, 0.1) is 14.8 Å². The van der Waals surface area contributed by atoms with Crippen LogP contribution in [0, 0.1) is 0 Å². The summed E-state index contributed by atoms with van der Waals surface area (Å²) in [5.74, 6) is 0.376. The minimum Gasteiger partial charge on any atom is -0.444 e. The smallest absolute Gasteiger partial charge is 0.408 e. The Kier molecular flexibility index (Phi) is 4.36. The SMILES string of the molecule is CC(C)(C)OC(=O)NC(C)(C)c1nc2cc(Br)sc2c(=O)[nH]1. The summed E-state index contributed by atoms with van der Waals surface area (Å²) >= 11 is 4.66. The number of amides is 1. The number of hydrogen-bond donors (Lipinski definition) is 2. The Balaban J connectivity index is 2.33. The van der Waals surface area contributed by atoms with Crippen LogP contribution in [0.5, 0.6) is 0 Å². The number of nitrogens with one attached hydrogen (secondary N) is 2. The van der Waals surface area contributed by atoms with E-state index in [0.717, 1.165) is 3.79 Å². The number of H-pyrrole nitrogens is 1. The summed E-state index contributed by atoms with van der Waals surface area (Å²) in [5, 5.41) is 2.73. The van der Waals surface area contributed by atoms with Crippen LogP contribution >= 0.6 is 27.3 Å². The van der Waals surface area contributed by atoms with Gasteiger partial charge < -0.3 is 15.0 Å². The van der Waals surface area contributed by atoms with E-state index < -0.39 is 17.2 Å². The Morgan fingerprint density at radius 2 is 2.00 bits per heavy atom. The monoisotopic (exact) mass is 387 g/mol. The molecular formula is C14H18BrN3O3S. The van der Waals surface area contributed by atoms with Gasteiger partial charge in [0.2, 0.25) is 0 Å². The van der Waals surface area contributed by atoms with E-state index in [0.29, 0.717) is 16.0 Å². The molecule has 6 nitrogen and oxygen atoms in total. The van der Waals surface area contributed by atoms with Crippen LogP contribution in [0.2, 0.25) is 0 Å². The van der Waals surface area contributed by atoms with Gasteiger partial charge >= 0.3 is 6.09 Å². The summed E-state index contributed by atoms with van der Waals surface area (Å²) in [6.07, 6.45) is -0.563. The number of fused-ring (bicyclic) bond motifs is 1. The number of rotatable bonds is 2. The van der Waals surface area contributed by atoms with Gasteiger partial charge in [-0.2, -0.15) is 0 Å². The number of alkyl carbamates (subject to hydrolysis) is 1. The molecule has 22 heavy (non-hydrogen) atoms. The molecule has 0 saturated heterocycles. The van der Waals surface area contributed by atoms with Crippen molar-refractivity contribution in [3.63, 3.8) is 0 Å². The molecule has 0 aliphatic carbocycles. The fraction of sp³-hybridized carbons (Fsp3) is 0.500. The molecule has 0 saturated carbocycles. The highest BCUT2D eigenvalue weighted by atomic mass is 79.9. The van der Waals surface area contributed by atoms with Crippen LogP contribution in [0.1, 0.15) is 40.4 Å². The van der Waals surface area contributed by atoms with Crippen molar-refractivity contribution in [3.05, 3.63) is 26.0 Å². The predicted octanol–water partition coefficient (Wildman–Crippen LogP) is 3.51. The molecule has 2 heterocycles. The molecule has 0 aromatic carbocycles. The van der Waals surface area contributed by atoms with Crippen molar-refractivity contribution in [2.75, 3.05) is 0 Å². The molecule has 8 heteroatoms. The van der Waals surface area contributed by atoms with Crippen molar-refractivity contribution in [1.29, 1.82) is 0 Å². The zero-order chi connectivity index (χ0) is 16.7. The third-order valence-electron chi connectivity index (χ3n) is 2.76. The summed E-state index contributed by atoms with van der Waals surface area (Å²) in [7, 11) is 0. The molecule has 2 aromatic rings. The first-order valence-corrected chi connectivity index (χ1v) is 8.30. The first kappa shape index (κ1) is 17.0. The number of ether oxygens (including phenoxy) is 1. The summed E-state index contributed by atoms with van der Waals surface area (Å²) in [5.41, 5.74) is -1.10. The Morgan fingerprint density at radius 1 is 1.36 bits per heavy atom. The van der Waals surface area contributed by atoms with E-state index in [1.54, 1.807) is 40.7 Å². The van der Waals surface area contributed by atoms with Gasteiger partial charge in [0.1, 0.15) is 16.1 Å². The molecule has 0 unspecified atom stereocenters. The molecular weight excluding hydrogens is 370 g/mol. The summed E-state index contributed by atoms with van der Waals surface area (Å²) in [6, 6.07) is 1.78. The largest absolute Gasteiger partial charge is 0.444 e. The molecule has 120 valence electrons. The Bertz CT molecular complexity index is 774. The van der Waals surface area contributed by atoms with Gasteiger partial charge in [0.25, 0.3) is 5.56 Å². The molecule has 1 amide bonds. The molecule has 2 rings (SSSR count). The Labute approximate surface area is 140 Å². The van der Waals surface area contributed by atoms with Gasteiger partial charge in [-0.1, -0.05) is 0 Å². The summed E-state index contributed by atoms with van der Waals surface area (Å²) in [4.78, 5) is 31.2. The van der Waals surface area contributed by atoms with E-state index in [4.69, 9.17) is 4.74 Å². The quantitative estimate of drug-likeness (QED) is 0.825. The second-order valence-electron chi connectivity index (χ2n) is 6.43. The van der Waals surface area contributed by atoms with E-state index in [1.165, 1.54) is 11.3 Å². The lowest BCUT2D eigenvalue weighted by Crippen LogP contribution is -2.45. The number of carbonyl (C=O) groups is 1. The first-order valence-electron chi connectivity index (χ1n) is 6.69. The zero-order valence-corrected chi connectivity index (χ0v) is 15.4. The molecule has 0 spiro atoms. The van der Waals surface area contributed by atoms with Crippen molar-refractivity contribution in [3.8, 4) is 0 Å². The van der Waals surface area contributed by atoms with Gasteiger partial charge in [0.15, 0.2) is 0 Å². The molecule has 0 aliphatic rings. The average Bonchev–Trinajstić information content (AvgIpc) is 2.66. The van der Waals surface area contributed by atoms with Gasteiger partial charge in [-0.15, -0.1) is 11.3 Å². The molecule has 2 aromatic heterocycles. The topological polar surface area (TPSA) is 84.1 Å². The third kappa shape index (κ3) is 3.86. The van der Waals surface area contributed by atoms with E-state index >= 15 is 0 Å². The Hall–Kier alpha value is -1.41. The van der Waals surface area contributed by atoms with Gasteiger partial charge in [-0.05, 0) is 56.6 Å². The van der Waals surface area contributed by atoms with Gasteiger partial charge in [-0.3, -0.25) is 4.79 Å². The summed E-state index contributed by atoms with van der Waals surface area (Å²) in [6.45, 7) is 8.86. The maximum atomic E-state index is 12.1. The van der Waals surface area contributed by atoms with Crippen molar-refractivity contribution in [2.24, 2.45) is 0 Å². The number of nitrogens with zero attached hydrogens (tertiary/aromatic N) is 1. The summed E-state index contributed by atoms with van der Waals surface area (Å²) < 4.78 is 6.62. The van der Waals surface area contributed by atoms with E-state index in [9.17, 15) is 9.59 Å². The van der Waals surface area contributed by atoms with Gasteiger partial charge in [-0.25, -0.2) is 9.78 Å². The number of hydrogen-bond acceptors (Lipinski definition) is 5. The van der Waals surface area contributed by atoms with E-state index in [1.807, 2.05) is 0 Å².